The zero-order chi connectivity index (χ0) is 59.4. The lowest BCUT2D eigenvalue weighted by Crippen LogP contribution is -2.36. The molecule has 2 fully saturated rings. The Morgan fingerprint density at radius 1 is 0.470 bits per heavy atom. The number of sulfonamides is 1. The molecule has 83 heavy (non-hydrogen) atoms. The number of unbranched alkanes of at least 4 members (excludes halogenated alkanes) is 5. The molecule has 0 saturated carbocycles. The molecule has 470 valence electrons. The SMILES string of the molecule is O=C(CCCCCNC(=O)CCCC[C@@H]1SC[C@@H]2NC(=O)N[C@@H]21)NCCCCCC(=O)NCCOCCOCCOCCOCCOCCOCCOCCOCCNC(=O)CCC(=O)NCCNS(=O)(=O)c1cccc2c(Cl)cccc12. The second-order valence-electron chi connectivity index (χ2n) is 19.6. The number of carbonyl (C=O) groups excluding carboxylic acids is 6. The molecular weight excluding hydrogens is 1140 g/mol. The van der Waals surface area contributed by atoms with Gasteiger partial charge < -0.3 is 75.1 Å². The molecular formula is C56H91ClN8O16S2. The molecule has 0 radical (unpaired) electrons. The number of nitrogens with one attached hydrogen (secondary N) is 8. The lowest BCUT2D eigenvalue weighted by atomic mass is 10.0. The van der Waals surface area contributed by atoms with Gasteiger partial charge in [-0.2, -0.15) is 11.8 Å². The summed E-state index contributed by atoms with van der Waals surface area (Å²) in [6.45, 7) is 8.45. The highest BCUT2D eigenvalue weighted by atomic mass is 35.5. The molecule has 8 N–H and O–H groups in total. The van der Waals surface area contributed by atoms with Crippen molar-refractivity contribution in [1.29, 1.82) is 0 Å². The van der Waals surface area contributed by atoms with Gasteiger partial charge in [-0.3, -0.25) is 24.0 Å². The van der Waals surface area contributed by atoms with Gasteiger partial charge in [0.25, 0.3) is 0 Å². The fourth-order valence-electron chi connectivity index (χ4n) is 8.68. The Kier molecular flexibility index (Phi) is 38.5. The summed E-state index contributed by atoms with van der Waals surface area (Å²) in [5, 5.41) is 22.1. The van der Waals surface area contributed by atoms with Crippen LogP contribution in [0.3, 0.4) is 0 Å². The molecule has 2 heterocycles. The van der Waals surface area contributed by atoms with Gasteiger partial charge in [0.1, 0.15) is 0 Å². The predicted octanol–water partition coefficient (Wildman–Crippen LogP) is 3.11. The van der Waals surface area contributed by atoms with Crippen molar-refractivity contribution in [3.05, 3.63) is 41.4 Å². The van der Waals surface area contributed by atoms with Crippen molar-refractivity contribution in [2.75, 3.05) is 151 Å². The summed E-state index contributed by atoms with van der Waals surface area (Å²) in [5.74, 6) is 0.356. The number of amides is 7. The smallest absolute Gasteiger partial charge is 0.315 e. The number of benzene rings is 2. The van der Waals surface area contributed by atoms with Crippen molar-refractivity contribution in [2.24, 2.45) is 0 Å². The number of hydrogen-bond acceptors (Lipinski definition) is 17. The first-order valence-corrected chi connectivity index (χ1v) is 32.1. The van der Waals surface area contributed by atoms with Gasteiger partial charge in [0, 0.05) is 98.2 Å². The zero-order valence-corrected chi connectivity index (χ0v) is 50.5. The minimum atomic E-state index is -3.84. The van der Waals surface area contributed by atoms with Crippen molar-refractivity contribution in [1.82, 2.24) is 41.9 Å². The molecule has 0 bridgehead atoms. The normalized spacial score (nSPS) is 15.6. The number of fused-ring (bicyclic) bond motifs is 2. The van der Waals surface area contributed by atoms with Crippen LogP contribution in [0.2, 0.25) is 5.02 Å². The quantitative estimate of drug-likeness (QED) is 0.0349. The van der Waals surface area contributed by atoms with Gasteiger partial charge in [-0.1, -0.05) is 55.1 Å². The molecule has 0 aromatic heterocycles. The summed E-state index contributed by atoms with van der Waals surface area (Å²) in [4.78, 5) is 72.4. The van der Waals surface area contributed by atoms with E-state index in [1.807, 2.05) is 11.8 Å². The van der Waals surface area contributed by atoms with E-state index in [0.717, 1.165) is 63.5 Å². The van der Waals surface area contributed by atoms with Crippen LogP contribution in [0.5, 0.6) is 0 Å². The Hall–Kier alpha value is -4.45. The molecule has 0 unspecified atom stereocenters. The molecule has 2 aromatic rings. The lowest BCUT2D eigenvalue weighted by molar-refractivity contribution is -0.126. The van der Waals surface area contributed by atoms with Crippen molar-refractivity contribution < 1.29 is 75.1 Å². The number of hydrogen-bond donors (Lipinski definition) is 8. The average Bonchev–Trinajstić information content (AvgIpc) is 4.20. The molecule has 7 amide bonds. The van der Waals surface area contributed by atoms with Crippen LogP contribution < -0.4 is 41.9 Å². The van der Waals surface area contributed by atoms with Crippen LogP contribution in [0, 0.1) is 0 Å². The molecule has 24 nitrogen and oxygen atoms in total. The first-order valence-electron chi connectivity index (χ1n) is 29.2. The van der Waals surface area contributed by atoms with E-state index in [9.17, 15) is 37.2 Å². The van der Waals surface area contributed by atoms with Gasteiger partial charge in [-0.15, -0.1) is 0 Å². The monoisotopic (exact) mass is 1230 g/mol. The minimum Gasteiger partial charge on any atom is -0.377 e. The first kappa shape index (κ1) is 71.0. The van der Waals surface area contributed by atoms with Crippen LogP contribution >= 0.6 is 23.4 Å². The van der Waals surface area contributed by atoms with E-state index in [0.29, 0.717) is 159 Å². The van der Waals surface area contributed by atoms with Gasteiger partial charge >= 0.3 is 6.03 Å². The molecule has 27 heteroatoms. The van der Waals surface area contributed by atoms with Crippen LogP contribution in [0.15, 0.2) is 41.3 Å². The third-order valence-corrected chi connectivity index (χ3v) is 16.4. The molecule has 0 spiro atoms. The van der Waals surface area contributed by atoms with Crippen molar-refractivity contribution >= 4 is 79.7 Å². The maximum absolute atomic E-state index is 12.9. The number of halogens is 1. The number of thioether (sulfide) groups is 1. The van der Waals surface area contributed by atoms with E-state index >= 15 is 0 Å². The highest BCUT2D eigenvalue weighted by Gasteiger charge is 2.42. The fraction of sp³-hybridized carbons (Fsp3) is 0.714. The summed E-state index contributed by atoms with van der Waals surface area (Å²) in [6.07, 6.45) is 9.07. The Balaban J connectivity index is 0.760. The Morgan fingerprint density at radius 2 is 0.880 bits per heavy atom. The van der Waals surface area contributed by atoms with E-state index in [-0.39, 0.29) is 91.6 Å². The van der Waals surface area contributed by atoms with Gasteiger partial charge in [0.15, 0.2) is 0 Å². The number of rotatable bonds is 52. The fourth-order valence-corrected chi connectivity index (χ4v) is 11.7. The van der Waals surface area contributed by atoms with Crippen LogP contribution in [-0.2, 0) is 71.9 Å². The predicted molar refractivity (Wildman–Crippen MR) is 316 cm³/mol. The summed E-state index contributed by atoms with van der Waals surface area (Å²) < 4.78 is 72.2. The van der Waals surface area contributed by atoms with E-state index in [2.05, 4.69) is 41.9 Å². The Bertz CT molecular complexity index is 2300. The molecule has 2 aliphatic rings. The van der Waals surface area contributed by atoms with E-state index in [1.54, 1.807) is 30.3 Å². The minimum absolute atomic E-state index is 0.0175. The van der Waals surface area contributed by atoms with E-state index in [4.69, 9.17) is 49.5 Å². The van der Waals surface area contributed by atoms with Crippen molar-refractivity contribution in [2.45, 2.75) is 112 Å². The molecule has 2 aromatic carbocycles. The highest BCUT2D eigenvalue weighted by Crippen LogP contribution is 2.33. The van der Waals surface area contributed by atoms with Gasteiger partial charge in [0.05, 0.1) is 123 Å². The number of urea groups is 1. The zero-order valence-electron chi connectivity index (χ0n) is 48.1. The largest absolute Gasteiger partial charge is 0.377 e. The summed E-state index contributed by atoms with van der Waals surface area (Å²) >= 11 is 8.10. The third kappa shape index (κ3) is 33.2. The van der Waals surface area contributed by atoms with Crippen molar-refractivity contribution in [3.63, 3.8) is 0 Å². The summed E-state index contributed by atoms with van der Waals surface area (Å²) in [7, 11) is -3.84. The summed E-state index contributed by atoms with van der Waals surface area (Å²) in [5.41, 5.74) is 0. The number of carbonyl (C=O) groups is 6. The standard InChI is InChI=1S/C56H91ClN8O16S2/c57-46-13-9-12-45-44(46)11-10-15-49(45)83(72,73)63-24-23-60-53(69)19-20-54(70)62-26-28-75-30-32-77-34-36-79-38-40-81-42-41-80-39-37-78-35-33-76-31-29-74-27-25-61-52(68)17-4-2-8-21-58-50(66)16-3-1-7-22-59-51(67)18-6-5-14-48-55-47(43-82-48)64-56(71)65-55/h9-13,15,47-48,55,63H,1-8,14,16-43H2,(H,58,66)(H,59,67)(H,60,69)(H,61,68)(H,62,70)(H2,64,65,71)/t47-,48-,55-/m0/s1. The Morgan fingerprint density at radius 3 is 1.37 bits per heavy atom. The van der Waals surface area contributed by atoms with Crippen LogP contribution in [0.1, 0.15) is 89.9 Å². The maximum Gasteiger partial charge on any atom is 0.315 e. The molecule has 3 atom stereocenters. The average molecular weight is 1230 g/mol. The molecule has 0 aliphatic carbocycles. The first-order chi connectivity index (χ1) is 40.4. The van der Waals surface area contributed by atoms with Gasteiger partial charge in [-0.05, 0) is 50.7 Å². The molecule has 4 rings (SSSR count). The Labute approximate surface area is 498 Å². The highest BCUT2D eigenvalue weighted by molar-refractivity contribution is 8.00. The maximum atomic E-state index is 12.9. The van der Waals surface area contributed by atoms with Gasteiger partial charge in [-0.25, -0.2) is 17.9 Å². The van der Waals surface area contributed by atoms with Crippen LogP contribution in [0.25, 0.3) is 10.8 Å². The van der Waals surface area contributed by atoms with Crippen LogP contribution in [-0.4, -0.2) is 212 Å². The molecule has 2 saturated heterocycles. The summed E-state index contributed by atoms with van der Waals surface area (Å²) in [6, 6.07) is 10.3. The topological polar surface area (TPSA) is 307 Å². The second kappa shape index (κ2) is 44.9. The van der Waals surface area contributed by atoms with E-state index in [1.165, 1.54) is 6.07 Å². The lowest BCUT2D eigenvalue weighted by Gasteiger charge is -2.16. The third-order valence-electron chi connectivity index (χ3n) is 13.1. The van der Waals surface area contributed by atoms with Crippen molar-refractivity contribution in [3.8, 4) is 0 Å². The van der Waals surface area contributed by atoms with Crippen LogP contribution in [0.4, 0.5) is 4.79 Å². The van der Waals surface area contributed by atoms with Gasteiger partial charge in [0.2, 0.25) is 39.6 Å². The second-order valence-corrected chi connectivity index (χ2v) is 23.0. The van der Waals surface area contributed by atoms with E-state index < -0.39 is 10.0 Å². The number of ether oxygens (including phenoxy) is 8. The molecule has 2 aliphatic heterocycles.